The molecule has 1 aromatic heterocycles. The Morgan fingerprint density at radius 2 is 1.77 bits per heavy atom. The number of amides is 1. The van der Waals surface area contributed by atoms with Crippen LogP contribution in [-0.2, 0) is 10.0 Å². The van der Waals surface area contributed by atoms with Gasteiger partial charge in [-0.15, -0.1) is 0 Å². The number of oxazole rings is 1. The van der Waals surface area contributed by atoms with Crippen LogP contribution in [0.3, 0.4) is 0 Å². The van der Waals surface area contributed by atoms with E-state index < -0.39 is 15.9 Å². The number of hydrogen-bond donors (Lipinski definition) is 1. The molecule has 2 aromatic carbocycles. The van der Waals surface area contributed by atoms with Gasteiger partial charge in [0.1, 0.15) is 0 Å². The lowest BCUT2D eigenvalue weighted by Gasteiger charge is -2.26. The van der Waals surface area contributed by atoms with Crippen molar-refractivity contribution in [2.75, 3.05) is 4.90 Å². The largest absolute Gasteiger partial charge is 0.416 e. The predicted molar refractivity (Wildman–Crippen MR) is 116 cm³/mol. The van der Waals surface area contributed by atoms with E-state index in [2.05, 4.69) is 4.98 Å². The lowest BCUT2D eigenvalue weighted by Crippen LogP contribution is -2.30. The number of aryl methyl sites for hydroxylation is 1. The number of aromatic nitrogens is 1. The first kappa shape index (κ1) is 22.1. The molecule has 30 heavy (non-hydrogen) atoms. The summed E-state index contributed by atoms with van der Waals surface area (Å²) in [5.41, 5.74) is 1.57. The van der Waals surface area contributed by atoms with E-state index >= 15 is 0 Å². The molecule has 3 rings (SSSR count). The van der Waals surface area contributed by atoms with Crippen LogP contribution < -0.4 is 9.62 Å². The number of nitrogens with zero attached hydrogens (tertiary/aromatic N) is 2. The molecule has 0 aliphatic rings. The minimum absolute atomic E-state index is 0.0344. The van der Waals surface area contributed by atoms with Crippen LogP contribution in [0.25, 0.3) is 0 Å². The summed E-state index contributed by atoms with van der Waals surface area (Å²) in [7, 11) is -4.06. The lowest BCUT2D eigenvalue weighted by molar-refractivity contribution is 0.0948. The Hall–Kier alpha value is -2.55. The van der Waals surface area contributed by atoms with Crippen LogP contribution in [0.4, 0.5) is 11.6 Å². The van der Waals surface area contributed by atoms with Gasteiger partial charge in [-0.25, -0.2) is 18.1 Å². The Balaban J connectivity index is 1.85. The highest BCUT2D eigenvalue weighted by molar-refractivity contribution is 7.90. The molecule has 1 N–H and O–H groups in total. The third-order valence-corrected chi connectivity index (χ3v) is 6.27. The Labute approximate surface area is 184 Å². The van der Waals surface area contributed by atoms with Gasteiger partial charge in [-0.3, -0.25) is 4.79 Å². The summed E-state index contributed by atoms with van der Waals surface area (Å²) >= 11 is 12.1. The number of carbonyl (C=O) groups is 1. The van der Waals surface area contributed by atoms with Gasteiger partial charge in [0.2, 0.25) is 5.88 Å². The minimum atomic E-state index is -4.06. The van der Waals surface area contributed by atoms with Crippen molar-refractivity contribution in [1.82, 2.24) is 9.71 Å². The Morgan fingerprint density at radius 1 is 1.10 bits per heavy atom. The van der Waals surface area contributed by atoms with Crippen LogP contribution in [0.15, 0.2) is 58.0 Å². The van der Waals surface area contributed by atoms with Gasteiger partial charge in [0.15, 0.2) is 0 Å². The molecular formula is C20H19Cl2N3O4S. The van der Waals surface area contributed by atoms with Crippen LogP contribution >= 0.6 is 23.2 Å². The molecule has 1 amide bonds. The summed E-state index contributed by atoms with van der Waals surface area (Å²) in [5, 5.41) is 0.768. The van der Waals surface area contributed by atoms with Crippen molar-refractivity contribution in [2.45, 2.75) is 31.7 Å². The first-order valence-corrected chi connectivity index (χ1v) is 11.2. The van der Waals surface area contributed by atoms with Crippen LogP contribution in [0.2, 0.25) is 10.0 Å². The van der Waals surface area contributed by atoms with Gasteiger partial charge in [-0.2, -0.15) is 0 Å². The zero-order valence-electron chi connectivity index (χ0n) is 16.4. The molecule has 7 nitrogen and oxygen atoms in total. The zero-order chi connectivity index (χ0) is 22.1. The Kier molecular flexibility index (Phi) is 6.40. The summed E-state index contributed by atoms with van der Waals surface area (Å²) in [4.78, 5) is 18.1. The molecule has 0 saturated carbocycles. The van der Waals surface area contributed by atoms with Crippen LogP contribution in [-0.4, -0.2) is 25.4 Å². The monoisotopic (exact) mass is 467 g/mol. The summed E-state index contributed by atoms with van der Waals surface area (Å²) in [6, 6.07) is 11.1. The molecule has 0 unspecified atom stereocenters. The van der Waals surface area contributed by atoms with E-state index in [0.717, 1.165) is 5.56 Å². The van der Waals surface area contributed by atoms with Gasteiger partial charge in [0.05, 0.1) is 21.1 Å². The molecule has 0 spiro atoms. The van der Waals surface area contributed by atoms with E-state index in [0.29, 0.717) is 15.7 Å². The van der Waals surface area contributed by atoms with Crippen molar-refractivity contribution in [2.24, 2.45) is 0 Å². The SMILES string of the molecule is Cc1ccc(S(=O)(=O)NC(=O)c2ncc(N(c3ccc(Cl)c(Cl)c3)C(C)C)o2)cc1. The van der Waals surface area contributed by atoms with E-state index in [1.165, 1.54) is 18.3 Å². The fourth-order valence-corrected chi connectivity index (χ4v) is 3.97. The van der Waals surface area contributed by atoms with Crippen molar-refractivity contribution in [3.63, 3.8) is 0 Å². The first-order valence-electron chi connectivity index (χ1n) is 8.92. The lowest BCUT2D eigenvalue weighted by atomic mass is 10.2. The first-order chi connectivity index (χ1) is 14.1. The highest BCUT2D eigenvalue weighted by Gasteiger charge is 2.25. The van der Waals surface area contributed by atoms with Crippen molar-refractivity contribution in [3.8, 4) is 0 Å². The highest BCUT2D eigenvalue weighted by Crippen LogP contribution is 2.33. The molecule has 1 heterocycles. The molecular weight excluding hydrogens is 449 g/mol. The fraction of sp³-hybridized carbons (Fsp3) is 0.200. The highest BCUT2D eigenvalue weighted by atomic mass is 35.5. The molecule has 0 atom stereocenters. The average Bonchev–Trinajstić information content (AvgIpc) is 3.14. The van der Waals surface area contributed by atoms with Gasteiger partial charge in [-0.1, -0.05) is 40.9 Å². The van der Waals surface area contributed by atoms with Crippen LogP contribution in [0, 0.1) is 6.92 Å². The second-order valence-electron chi connectivity index (χ2n) is 6.81. The van der Waals surface area contributed by atoms with E-state index in [-0.39, 0.29) is 22.7 Å². The number of hydrogen-bond acceptors (Lipinski definition) is 6. The topological polar surface area (TPSA) is 92.5 Å². The summed E-state index contributed by atoms with van der Waals surface area (Å²) in [5.74, 6) is -1.10. The van der Waals surface area contributed by atoms with Crippen molar-refractivity contribution < 1.29 is 17.6 Å². The van der Waals surface area contributed by atoms with E-state index in [1.54, 1.807) is 35.2 Å². The van der Waals surface area contributed by atoms with E-state index in [9.17, 15) is 13.2 Å². The number of anilines is 2. The zero-order valence-corrected chi connectivity index (χ0v) is 18.7. The molecule has 0 radical (unpaired) electrons. The van der Waals surface area contributed by atoms with E-state index in [4.69, 9.17) is 27.6 Å². The number of carbonyl (C=O) groups excluding carboxylic acids is 1. The maximum absolute atomic E-state index is 12.4. The minimum Gasteiger partial charge on any atom is -0.416 e. The maximum Gasteiger partial charge on any atom is 0.320 e. The summed E-state index contributed by atoms with van der Waals surface area (Å²) < 4.78 is 32.4. The molecule has 0 saturated heterocycles. The maximum atomic E-state index is 12.4. The normalized spacial score (nSPS) is 11.5. The van der Waals surface area contributed by atoms with Gasteiger partial charge < -0.3 is 9.32 Å². The number of nitrogens with one attached hydrogen (secondary N) is 1. The van der Waals surface area contributed by atoms with Crippen molar-refractivity contribution in [1.29, 1.82) is 0 Å². The second kappa shape index (κ2) is 8.67. The van der Waals surface area contributed by atoms with Crippen LogP contribution in [0.1, 0.15) is 30.1 Å². The standard InChI is InChI=1S/C20H19Cl2N3O4S/c1-12(2)25(14-6-9-16(21)17(22)10-14)18-11-23-20(29-18)19(26)24-30(27,28)15-7-4-13(3)5-8-15/h4-12H,1-3H3,(H,24,26). The van der Waals surface area contributed by atoms with Crippen LogP contribution in [0.5, 0.6) is 0 Å². The summed E-state index contributed by atoms with van der Waals surface area (Å²) in [6.07, 6.45) is 1.34. The third-order valence-electron chi connectivity index (χ3n) is 4.18. The molecule has 0 aliphatic carbocycles. The Bertz CT molecular complexity index is 1180. The smallest absolute Gasteiger partial charge is 0.320 e. The van der Waals surface area contributed by atoms with Crippen molar-refractivity contribution in [3.05, 3.63) is 70.2 Å². The Morgan fingerprint density at radius 3 is 2.37 bits per heavy atom. The predicted octanol–water partition coefficient (Wildman–Crippen LogP) is 4.96. The van der Waals surface area contributed by atoms with Gasteiger partial charge in [0.25, 0.3) is 15.9 Å². The molecule has 0 fully saturated rings. The molecule has 158 valence electrons. The second-order valence-corrected chi connectivity index (χ2v) is 9.31. The molecule has 10 heteroatoms. The third kappa shape index (κ3) is 4.77. The van der Waals surface area contributed by atoms with E-state index in [1.807, 2.05) is 25.5 Å². The summed E-state index contributed by atoms with van der Waals surface area (Å²) in [6.45, 7) is 5.65. The molecule has 0 aliphatic heterocycles. The average molecular weight is 468 g/mol. The van der Waals surface area contributed by atoms with Gasteiger partial charge in [0, 0.05) is 11.7 Å². The number of halogens is 2. The fourth-order valence-electron chi connectivity index (χ4n) is 2.74. The molecule has 0 bridgehead atoms. The van der Waals surface area contributed by atoms with Gasteiger partial charge >= 0.3 is 5.91 Å². The molecule has 3 aromatic rings. The van der Waals surface area contributed by atoms with Crippen molar-refractivity contribution >= 4 is 50.7 Å². The number of benzene rings is 2. The quantitative estimate of drug-likeness (QED) is 0.550. The number of rotatable bonds is 6. The number of sulfonamides is 1. The van der Waals surface area contributed by atoms with Gasteiger partial charge in [-0.05, 0) is 51.1 Å².